The normalized spacial score (nSPS) is 11.1. The number of hydrogen-bond donors (Lipinski definition) is 1. The molecule has 98 valence electrons. The zero-order valence-corrected chi connectivity index (χ0v) is 10.6. The maximum atomic E-state index is 10.9. The van der Waals surface area contributed by atoms with Gasteiger partial charge in [0.15, 0.2) is 0 Å². The van der Waals surface area contributed by atoms with E-state index in [1.54, 1.807) is 0 Å². The van der Waals surface area contributed by atoms with Gasteiger partial charge < -0.3 is 9.84 Å². The molecule has 1 aromatic rings. The van der Waals surface area contributed by atoms with Crippen molar-refractivity contribution in [2.24, 2.45) is 5.41 Å². The highest BCUT2D eigenvalue weighted by molar-refractivity contribution is 6.32. The van der Waals surface area contributed by atoms with Crippen molar-refractivity contribution in [2.75, 3.05) is 6.61 Å². The summed E-state index contributed by atoms with van der Waals surface area (Å²) in [5, 5.41) is 19.5. The number of carbonyl (C=O) groups is 1. The Hall–Kier alpha value is -1.82. The molecule has 7 heteroatoms. The summed E-state index contributed by atoms with van der Waals surface area (Å²) in [6.45, 7) is 2.93. The van der Waals surface area contributed by atoms with Crippen LogP contribution in [0.3, 0.4) is 0 Å². The molecule has 0 saturated carbocycles. The molecule has 0 aliphatic rings. The van der Waals surface area contributed by atoms with Crippen molar-refractivity contribution < 1.29 is 19.6 Å². The highest BCUT2D eigenvalue weighted by atomic mass is 35.5. The topological polar surface area (TPSA) is 89.7 Å². The first-order valence-electron chi connectivity index (χ1n) is 5.04. The minimum atomic E-state index is -1.06. The van der Waals surface area contributed by atoms with E-state index in [1.807, 2.05) is 0 Å². The number of non-ortho nitro benzene ring substituents is 1. The Labute approximate surface area is 108 Å². The number of benzene rings is 1. The molecule has 0 saturated heterocycles. The molecule has 0 aromatic heterocycles. The van der Waals surface area contributed by atoms with Gasteiger partial charge in [0.25, 0.3) is 5.69 Å². The second-order valence-electron chi connectivity index (χ2n) is 4.35. The van der Waals surface area contributed by atoms with E-state index in [9.17, 15) is 14.9 Å². The van der Waals surface area contributed by atoms with Crippen LogP contribution in [0.1, 0.15) is 13.8 Å². The zero-order chi connectivity index (χ0) is 13.9. The lowest BCUT2D eigenvalue weighted by Crippen LogP contribution is -2.30. The number of carboxylic acids is 1. The van der Waals surface area contributed by atoms with E-state index >= 15 is 0 Å². The molecule has 0 fully saturated rings. The minimum Gasteiger partial charge on any atom is -0.491 e. The largest absolute Gasteiger partial charge is 0.491 e. The number of hydrogen-bond acceptors (Lipinski definition) is 4. The molecule has 18 heavy (non-hydrogen) atoms. The van der Waals surface area contributed by atoms with Crippen LogP contribution in [0.2, 0.25) is 5.02 Å². The van der Waals surface area contributed by atoms with Crippen molar-refractivity contribution >= 4 is 23.3 Å². The molecule has 0 radical (unpaired) electrons. The van der Waals surface area contributed by atoms with E-state index < -0.39 is 16.3 Å². The molecule has 0 heterocycles. The third kappa shape index (κ3) is 3.33. The van der Waals surface area contributed by atoms with Crippen molar-refractivity contribution in [1.82, 2.24) is 0 Å². The average Bonchev–Trinajstić information content (AvgIpc) is 2.26. The van der Waals surface area contributed by atoms with Gasteiger partial charge in [0.1, 0.15) is 12.4 Å². The van der Waals surface area contributed by atoms with Crippen molar-refractivity contribution in [3.63, 3.8) is 0 Å². The van der Waals surface area contributed by atoms with Crippen LogP contribution >= 0.6 is 11.6 Å². The molecule has 1 N–H and O–H groups in total. The monoisotopic (exact) mass is 273 g/mol. The lowest BCUT2D eigenvalue weighted by Gasteiger charge is -2.19. The third-order valence-electron chi connectivity index (χ3n) is 2.29. The van der Waals surface area contributed by atoms with E-state index in [1.165, 1.54) is 26.0 Å². The van der Waals surface area contributed by atoms with E-state index in [2.05, 4.69) is 0 Å². The maximum Gasteiger partial charge on any atom is 0.312 e. The van der Waals surface area contributed by atoms with Gasteiger partial charge in [-0.15, -0.1) is 0 Å². The van der Waals surface area contributed by atoms with Crippen LogP contribution < -0.4 is 4.74 Å². The first-order chi connectivity index (χ1) is 8.24. The Morgan fingerprint density at radius 1 is 1.56 bits per heavy atom. The molecule has 0 aliphatic carbocycles. The quantitative estimate of drug-likeness (QED) is 0.658. The van der Waals surface area contributed by atoms with E-state index in [4.69, 9.17) is 21.4 Å². The second kappa shape index (κ2) is 5.22. The summed E-state index contributed by atoms with van der Waals surface area (Å²) in [6.07, 6.45) is 0. The van der Waals surface area contributed by atoms with Gasteiger partial charge in [-0.25, -0.2) is 0 Å². The van der Waals surface area contributed by atoms with Crippen LogP contribution in [-0.4, -0.2) is 22.6 Å². The average molecular weight is 274 g/mol. The summed E-state index contributed by atoms with van der Waals surface area (Å²) in [4.78, 5) is 20.8. The van der Waals surface area contributed by atoms with Crippen molar-refractivity contribution in [2.45, 2.75) is 13.8 Å². The van der Waals surface area contributed by atoms with E-state index in [-0.39, 0.29) is 23.1 Å². The molecule has 6 nitrogen and oxygen atoms in total. The lowest BCUT2D eigenvalue weighted by molar-refractivity contribution is -0.384. The number of nitro groups is 1. The van der Waals surface area contributed by atoms with E-state index in [0.717, 1.165) is 6.07 Å². The van der Waals surface area contributed by atoms with Crippen LogP contribution in [0, 0.1) is 15.5 Å². The van der Waals surface area contributed by atoms with Crippen molar-refractivity contribution in [3.05, 3.63) is 33.3 Å². The number of ether oxygens (including phenoxy) is 1. The first kappa shape index (κ1) is 14.2. The van der Waals surface area contributed by atoms with E-state index in [0.29, 0.717) is 0 Å². The van der Waals surface area contributed by atoms with Gasteiger partial charge in [0.05, 0.1) is 15.4 Å². The highest BCUT2D eigenvalue weighted by Crippen LogP contribution is 2.30. The third-order valence-corrected chi connectivity index (χ3v) is 2.59. The SMILES string of the molecule is CC(C)(COc1ccc([N+](=O)[O-])cc1Cl)C(=O)O. The molecule has 0 bridgehead atoms. The van der Waals surface area contributed by atoms with Gasteiger partial charge in [-0.05, 0) is 19.9 Å². The molecule has 0 unspecified atom stereocenters. The predicted octanol–water partition coefficient (Wildman–Crippen LogP) is 2.74. The summed E-state index contributed by atoms with van der Waals surface area (Å²) in [7, 11) is 0. The molecule has 1 aromatic carbocycles. The first-order valence-corrected chi connectivity index (χ1v) is 5.42. The molecular formula is C11H12ClNO5. The Balaban J connectivity index is 2.81. The summed E-state index contributed by atoms with van der Waals surface area (Å²) < 4.78 is 5.26. The molecule has 0 spiro atoms. The van der Waals surface area contributed by atoms with Crippen LogP contribution in [0.15, 0.2) is 18.2 Å². The Morgan fingerprint density at radius 3 is 2.61 bits per heavy atom. The summed E-state index contributed by atoms with van der Waals surface area (Å²) in [5.41, 5.74) is -1.21. The van der Waals surface area contributed by atoms with Gasteiger partial charge >= 0.3 is 5.97 Å². The van der Waals surface area contributed by atoms with Crippen LogP contribution in [0.25, 0.3) is 0 Å². The number of nitrogens with zero attached hydrogens (tertiary/aromatic N) is 1. The van der Waals surface area contributed by atoms with Gasteiger partial charge in [-0.1, -0.05) is 11.6 Å². The smallest absolute Gasteiger partial charge is 0.312 e. The van der Waals surface area contributed by atoms with Gasteiger partial charge in [-0.3, -0.25) is 14.9 Å². The molecular weight excluding hydrogens is 262 g/mol. The fraction of sp³-hybridized carbons (Fsp3) is 0.364. The number of rotatable bonds is 5. The summed E-state index contributed by atoms with van der Waals surface area (Å²) in [6, 6.07) is 3.75. The predicted molar refractivity (Wildman–Crippen MR) is 65.0 cm³/mol. The standard InChI is InChI=1S/C11H12ClNO5/c1-11(2,10(14)15)6-18-9-4-3-7(13(16)17)5-8(9)12/h3-5H,6H2,1-2H3,(H,14,15). The Kier molecular flexibility index (Phi) is 4.13. The number of carboxylic acid groups (broad SMARTS) is 1. The van der Waals surface area contributed by atoms with Crippen LogP contribution in [-0.2, 0) is 4.79 Å². The fourth-order valence-electron chi connectivity index (χ4n) is 1.04. The zero-order valence-electron chi connectivity index (χ0n) is 9.84. The van der Waals surface area contributed by atoms with Gasteiger partial charge in [-0.2, -0.15) is 0 Å². The Bertz CT molecular complexity index is 486. The van der Waals surface area contributed by atoms with Crippen molar-refractivity contribution in [3.8, 4) is 5.75 Å². The van der Waals surface area contributed by atoms with Crippen LogP contribution in [0.5, 0.6) is 5.75 Å². The molecule has 0 aliphatic heterocycles. The van der Waals surface area contributed by atoms with Gasteiger partial charge in [0.2, 0.25) is 0 Å². The highest BCUT2D eigenvalue weighted by Gasteiger charge is 2.28. The number of aliphatic carboxylic acids is 1. The number of nitro benzene ring substituents is 1. The fourth-order valence-corrected chi connectivity index (χ4v) is 1.27. The summed E-state index contributed by atoms with van der Waals surface area (Å²) >= 11 is 5.81. The molecule has 0 atom stereocenters. The van der Waals surface area contributed by atoms with Crippen LogP contribution in [0.4, 0.5) is 5.69 Å². The lowest BCUT2D eigenvalue weighted by atomic mass is 9.95. The second-order valence-corrected chi connectivity index (χ2v) is 4.76. The number of halogens is 1. The minimum absolute atomic E-state index is 0.0744. The molecule has 1 rings (SSSR count). The van der Waals surface area contributed by atoms with Crippen molar-refractivity contribution in [1.29, 1.82) is 0 Å². The molecule has 0 amide bonds. The Morgan fingerprint density at radius 2 is 2.17 bits per heavy atom. The van der Waals surface area contributed by atoms with Gasteiger partial charge in [0, 0.05) is 12.1 Å². The maximum absolute atomic E-state index is 10.9. The summed E-state index contributed by atoms with van der Waals surface area (Å²) in [5.74, 6) is -0.780.